The van der Waals surface area contributed by atoms with Crippen LogP contribution < -0.4 is 20.1 Å². The number of amides is 2. The van der Waals surface area contributed by atoms with Gasteiger partial charge in [0.15, 0.2) is 0 Å². The molecule has 0 aliphatic carbocycles. The van der Waals surface area contributed by atoms with Gasteiger partial charge in [-0.25, -0.2) is 0 Å². The van der Waals surface area contributed by atoms with E-state index in [1.54, 1.807) is 32.2 Å². The van der Waals surface area contributed by atoms with E-state index in [2.05, 4.69) is 10.6 Å². The van der Waals surface area contributed by atoms with Crippen LogP contribution in [0.3, 0.4) is 0 Å². The highest BCUT2D eigenvalue weighted by Crippen LogP contribution is 2.30. The van der Waals surface area contributed by atoms with Gasteiger partial charge < -0.3 is 20.1 Å². The zero-order valence-electron chi connectivity index (χ0n) is 13.2. The topological polar surface area (TPSA) is 76.7 Å². The quantitative estimate of drug-likeness (QED) is 0.893. The van der Waals surface area contributed by atoms with E-state index in [1.807, 2.05) is 0 Å². The van der Waals surface area contributed by atoms with Crippen molar-refractivity contribution in [2.75, 3.05) is 19.5 Å². The van der Waals surface area contributed by atoms with Crippen LogP contribution in [-0.2, 0) is 9.59 Å². The van der Waals surface area contributed by atoms with Crippen molar-refractivity contribution in [2.45, 2.75) is 38.1 Å². The van der Waals surface area contributed by atoms with Crippen molar-refractivity contribution in [3.63, 3.8) is 0 Å². The molecule has 22 heavy (non-hydrogen) atoms. The molecule has 120 valence electrons. The summed E-state index contributed by atoms with van der Waals surface area (Å²) in [6.07, 6.45) is 2.71. The maximum absolute atomic E-state index is 12.6. The number of methoxy groups -OCH3 is 2. The first-order chi connectivity index (χ1) is 10.5. The monoisotopic (exact) mass is 306 g/mol. The Labute approximate surface area is 130 Å². The Morgan fingerprint density at radius 3 is 2.73 bits per heavy atom. The lowest BCUT2D eigenvalue weighted by Crippen LogP contribution is -2.53. The maximum Gasteiger partial charge on any atom is 0.249 e. The van der Waals surface area contributed by atoms with Gasteiger partial charge in [-0.3, -0.25) is 9.59 Å². The molecular weight excluding hydrogens is 284 g/mol. The molecule has 1 fully saturated rings. The first kappa shape index (κ1) is 16.1. The molecule has 1 aliphatic rings. The lowest BCUT2D eigenvalue weighted by Gasteiger charge is -2.28. The molecule has 1 aromatic rings. The van der Waals surface area contributed by atoms with Crippen LogP contribution in [-0.4, -0.2) is 31.6 Å². The van der Waals surface area contributed by atoms with Gasteiger partial charge in [0.1, 0.15) is 17.0 Å². The standard InChI is InChI=1S/C16H22N2O4/c1-16(9-5-4-6-14(19)18-16)15(20)17-12-10-11(21-2)7-8-13(12)22-3/h7-8,10H,4-6,9H2,1-3H3,(H,17,20)(H,18,19)/t16-/m0/s1. The first-order valence-corrected chi connectivity index (χ1v) is 7.33. The van der Waals surface area contributed by atoms with E-state index in [4.69, 9.17) is 9.47 Å². The van der Waals surface area contributed by atoms with Crippen molar-refractivity contribution < 1.29 is 19.1 Å². The molecule has 6 nitrogen and oxygen atoms in total. The molecule has 2 amide bonds. The van der Waals surface area contributed by atoms with Crippen LogP contribution in [0.1, 0.15) is 32.6 Å². The molecule has 1 aromatic carbocycles. The summed E-state index contributed by atoms with van der Waals surface area (Å²) in [5.74, 6) is 0.811. The minimum Gasteiger partial charge on any atom is -0.497 e. The third-order valence-electron chi connectivity index (χ3n) is 3.90. The Balaban J connectivity index is 2.21. The van der Waals surface area contributed by atoms with E-state index >= 15 is 0 Å². The Morgan fingerprint density at radius 2 is 2.05 bits per heavy atom. The van der Waals surface area contributed by atoms with Crippen LogP contribution in [0.25, 0.3) is 0 Å². The summed E-state index contributed by atoms with van der Waals surface area (Å²) >= 11 is 0. The van der Waals surface area contributed by atoms with E-state index in [-0.39, 0.29) is 11.8 Å². The maximum atomic E-state index is 12.6. The SMILES string of the molecule is COc1ccc(OC)c(NC(=O)[C@]2(C)CCCCC(=O)N2)c1. The smallest absolute Gasteiger partial charge is 0.249 e. The first-order valence-electron chi connectivity index (χ1n) is 7.33. The summed E-state index contributed by atoms with van der Waals surface area (Å²) in [5, 5.41) is 5.65. The molecule has 0 saturated carbocycles. The van der Waals surface area contributed by atoms with Gasteiger partial charge in [0.05, 0.1) is 19.9 Å². The van der Waals surface area contributed by atoms with E-state index in [9.17, 15) is 9.59 Å². The number of rotatable bonds is 4. The third-order valence-corrected chi connectivity index (χ3v) is 3.90. The van der Waals surface area contributed by atoms with E-state index < -0.39 is 5.54 Å². The van der Waals surface area contributed by atoms with Crippen LogP contribution in [0.2, 0.25) is 0 Å². The molecule has 2 rings (SSSR count). The van der Waals surface area contributed by atoms with Crippen LogP contribution in [0.15, 0.2) is 18.2 Å². The van der Waals surface area contributed by atoms with Crippen molar-refractivity contribution in [1.82, 2.24) is 5.32 Å². The number of anilines is 1. The molecule has 0 bridgehead atoms. The molecule has 0 radical (unpaired) electrons. The Kier molecular flexibility index (Phi) is 4.90. The number of hydrogen-bond donors (Lipinski definition) is 2. The van der Waals surface area contributed by atoms with Gasteiger partial charge in [0.25, 0.3) is 0 Å². The van der Waals surface area contributed by atoms with Gasteiger partial charge in [0, 0.05) is 12.5 Å². The number of nitrogens with one attached hydrogen (secondary N) is 2. The van der Waals surface area contributed by atoms with Crippen molar-refractivity contribution in [1.29, 1.82) is 0 Å². The molecular formula is C16H22N2O4. The van der Waals surface area contributed by atoms with Crippen molar-refractivity contribution in [2.24, 2.45) is 0 Å². The van der Waals surface area contributed by atoms with Crippen LogP contribution >= 0.6 is 0 Å². The summed E-state index contributed by atoms with van der Waals surface area (Å²) in [5.41, 5.74) is -0.395. The number of benzene rings is 1. The molecule has 0 aromatic heterocycles. The number of hydrogen-bond acceptors (Lipinski definition) is 4. The van der Waals surface area contributed by atoms with E-state index in [0.717, 1.165) is 12.8 Å². The second-order valence-electron chi connectivity index (χ2n) is 5.61. The fraction of sp³-hybridized carbons (Fsp3) is 0.500. The average Bonchev–Trinajstić information content (AvgIpc) is 2.68. The summed E-state index contributed by atoms with van der Waals surface area (Å²) < 4.78 is 10.4. The molecule has 0 spiro atoms. The normalized spacial score (nSPS) is 21.5. The van der Waals surface area contributed by atoms with E-state index in [1.165, 1.54) is 7.11 Å². The van der Waals surface area contributed by atoms with Crippen LogP contribution in [0.5, 0.6) is 11.5 Å². The van der Waals surface area contributed by atoms with Crippen LogP contribution in [0.4, 0.5) is 5.69 Å². The second-order valence-corrected chi connectivity index (χ2v) is 5.61. The van der Waals surface area contributed by atoms with Crippen LogP contribution in [0, 0.1) is 0 Å². The van der Waals surface area contributed by atoms with Crippen molar-refractivity contribution >= 4 is 17.5 Å². The Bertz CT molecular complexity index is 573. The number of ether oxygens (including phenoxy) is 2. The summed E-state index contributed by atoms with van der Waals surface area (Å²) in [7, 11) is 3.09. The van der Waals surface area contributed by atoms with Gasteiger partial charge in [-0.05, 0) is 31.9 Å². The van der Waals surface area contributed by atoms with Gasteiger partial charge in [0.2, 0.25) is 11.8 Å². The summed E-state index contributed by atoms with van der Waals surface area (Å²) in [4.78, 5) is 24.4. The minimum atomic E-state index is -0.915. The van der Waals surface area contributed by atoms with Crippen molar-refractivity contribution in [3.8, 4) is 11.5 Å². The highest BCUT2D eigenvalue weighted by atomic mass is 16.5. The zero-order valence-corrected chi connectivity index (χ0v) is 13.2. The largest absolute Gasteiger partial charge is 0.497 e. The van der Waals surface area contributed by atoms with Gasteiger partial charge >= 0.3 is 0 Å². The third kappa shape index (κ3) is 3.50. The predicted octanol–water partition coefficient (Wildman–Crippen LogP) is 2.09. The molecule has 6 heteroatoms. The highest BCUT2D eigenvalue weighted by Gasteiger charge is 2.36. The number of carbonyl (C=O) groups is 2. The summed E-state index contributed by atoms with van der Waals surface area (Å²) in [6.45, 7) is 1.75. The second kappa shape index (κ2) is 6.68. The molecule has 1 heterocycles. The van der Waals surface area contributed by atoms with E-state index in [0.29, 0.717) is 30.0 Å². The molecule has 0 unspecified atom stereocenters. The molecule has 2 N–H and O–H groups in total. The fourth-order valence-corrected chi connectivity index (χ4v) is 2.54. The highest BCUT2D eigenvalue weighted by molar-refractivity contribution is 6.01. The predicted molar refractivity (Wildman–Crippen MR) is 83.2 cm³/mol. The molecule has 1 saturated heterocycles. The molecule has 1 aliphatic heterocycles. The summed E-state index contributed by atoms with van der Waals surface area (Å²) in [6, 6.07) is 5.17. The van der Waals surface area contributed by atoms with Gasteiger partial charge in [-0.2, -0.15) is 0 Å². The van der Waals surface area contributed by atoms with Crippen molar-refractivity contribution in [3.05, 3.63) is 18.2 Å². The zero-order chi connectivity index (χ0) is 16.2. The fourth-order valence-electron chi connectivity index (χ4n) is 2.54. The lowest BCUT2D eigenvalue weighted by atomic mass is 9.95. The Hall–Kier alpha value is -2.24. The number of carbonyl (C=O) groups excluding carboxylic acids is 2. The minimum absolute atomic E-state index is 0.0900. The Morgan fingerprint density at radius 1 is 1.27 bits per heavy atom. The van der Waals surface area contributed by atoms with Gasteiger partial charge in [-0.15, -0.1) is 0 Å². The molecule has 1 atom stereocenters. The van der Waals surface area contributed by atoms with Gasteiger partial charge in [-0.1, -0.05) is 6.42 Å². The average molecular weight is 306 g/mol. The lowest BCUT2D eigenvalue weighted by molar-refractivity contribution is -0.129.